The SMILES string of the molecule is Cc1cccc(C(C)C(=O)N2CCN(C(=O)CO)CC2)c1. The molecule has 0 aromatic heterocycles. The number of carbonyl (C=O) groups excluding carboxylic acids is 2. The summed E-state index contributed by atoms with van der Waals surface area (Å²) in [7, 11) is 0. The van der Waals surface area contributed by atoms with E-state index >= 15 is 0 Å². The lowest BCUT2D eigenvalue weighted by Crippen LogP contribution is -2.52. The highest BCUT2D eigenvalue weighted by atomic mass is 16.3. The topological polar surface area (TPSA) is 60.9 Å². The Hall–Kier alpha value is -1.88. The van der Waals surface area contributed by atoms with Gasteiger partial charge in [0.2, 0.25) is 11.8 Å². The molecular formula is C16H22N2O3. The first-order chi connectivity index (χ1) is 10.0. The molecule has 5 nitrogen and oxygen atoms in total. The monoisotopic (exact) mass is 290 g/mol. The molecule has 1 aromatic rings. The quantitative estimate of drug-likeness (QED) is 0.894. The van der Waals surface area contributed by atoms with E-state index in [-0.39, 0.29) is 17.7 Å². The van der Waals surface area contributed by atoms with E-state index < -0.39 is 6.61 Å². The molecule has 21 heavy (non-hydrogen) atoms. The van der Waals surface area contributed by atoms with Crippen LogP contribution in [0.25, 0.3) is 0 Å². The smallest absolute Gasteiger partial charge is 0.248 e. The molecule has 1 aliphatic heterocycles. The van der Waals surface area contributed by atoms with E-state index in [0.717, 1.165) is 11.1 Å². The van der Waals surface area contributed by atoms with Crippen LogP contribution in [0.5, 0.6) is 0 Å². The normalized spacial score (nSPS) is 16.7. The number of aryl methyl sites for hydroxylation is 1. The summed E-state index contributed by atoms with van der Waals surface area (Å²) in [5.74, 6) is -0.351. The molecule has 1 N–H and O–H groups in total. The molecule has 2 rings (SSSR count). The molecular weight excluding hydrogens is 268 g/mol. The summed E-state index contributed by atoms with van der Waals surface area (Å²) >= 11 is 0. The average Bonchev–Trinajstić information content (AvgIpc) is 2.53. The molecule has 1 unspecified atom stereocenters. The van der Waals surface area contributed by atoms with E-state index in [1.54, 1.807) is 9.80 Å². The molecule has 1 atom stereocenters. The van der Waals surface area contributed by atoms with Crippen molar-refractivity contribution in [2.24, 2.45) is 0 Å². The Bertz CT molecular complexity index is 522. The van der Waals surface area contributed by atoms with Crippen LogP contribution in [0.2, 0.25) is 0 Å². The van der Waals surface area contributed by atoms with Crippen LogP contribution in [0.1, 0.15) is 24.0 Å². The number of piperazine rings is 1. The van der Waals surface area contributed by atoms with Gasteiger partial charge >= 0.3 is 0 Å². The van der Waals surface area contributed by atoms with Crippen LogP contribution in [0.4, 0.5) is 0 Å². The van der Waals surface area contributed by atoms with Gasteiger partial charge in [0.25, 0.3) is 0 Å². The summed E-state index contributed by atoms with van der Waals surface area (Å²) in [6.07, 6.45) is 0. The zero-order valence-corrected chi connectivity index (χ0v) is 12.6. The van der Waals surface area contributed by atoms with Crippen LogP contribution < -0.4 is 0 Å². The second-order valence-electron chi connectivity index (χ2n) is 5.50. The molecule has 0 radical (unpaired) electrons. The second kappa shape index (κ2) is 6.72. The fourth-order valence-corrected chi connectivity index (χ4v) is 2.63. The number of rotatable bonds is 3. The molecule has 1 saturated heterocycles. The van der Waals surface area contributed by atoms with Gasteiger partial charge in [-0.05, 0) is 19.4 Å². The number of nitrogens with zero attached hydrogens (tertiary/aromatic N) is 2. The van der Waals surface area contributed by atoms with Crippen LogP contribution in [-0.4, -0.2) is 59.5 Å². The Labute approximate surface area is 125 Å². The summed E-state index contributed by atoms with van der Waals surface area (Å²) in [4.78, 5) is 27.3. The summed E-state index contributed by atoms with van der Waals surface area (Å²) in [5, 5.41) is 8.85. The van der Waals surface area contributed by atoms with E-state index in [4.69, 9.17) is 5.11 Å². The predicted octanol–water partition coefficient (Wildman–Crippen LogP) is 0.762. The van der Waals surface area contributed by atoms with Crippen LogP contribution in [-0.2, 0) is 9.59 Å². The first-order valence-corrected chi connectivity index (χ1v) is 7.27. The van der Waals surface area contributed by atoms with Crippen LogP contribution in [0.3, 0.4) is 0 Å². The van der Waals surface area contributed by atoms with Crippen molar-refractivity contribution < 1.29 is 14.7 Å². The number of benzene rings is 1. The number of hydrogen-bond acceptors (Lipinski definition) is 3. The molecule has 1 heterocycles. The van der Waals surface area contributed by atoms with Crippen molar-refractivity contribution in [2.45, 2.75) is 19.8 Å². The molecule has 114 valence electrons. The van der Waals surface area contributed by atoms with Crippen LogP contribution >= 0.6 is 0 Å². The third-order valence-electron chi connectivity index (χ3n) is 3.99. The number of aliphatic hydroxyl groups excluding tert-OH is 1. The van der Waals surface area contributed by atoms with Gasteiger partial charge in [-0.2, -0.15) is 0 Å². The first kappa shape index (κ1) is 15.5. The zero-order chi connectivity index (χ0) is 15.4. The zero-order valence-electron chi connectivity index (χ0n) is 12.6. The fraction of sp³-hybridized carbons (Fsp3) is 0.500. The number of carbonyl (C=O) groups is 2. The van der Waals surface area contributed by atoms with E-state index in [1.165, 1.54) is 0 Å². The summed E-state index contributed by atoms with van der Waals surface area (Å²) in [5.41, 5.74) is 2.17. The maximum absolute atomic E-state index is 12.5. The highest BCUT2D eigenvalue weighted by molar-refractivity contribution is 5.84. The minimum atomic E-state index is -0.465. The van der Waals surface area contributed by atoms with Gasteiger partial charge in [-0.25, -0.2) is 0 Å². The number of amides is 2. The van der Waals surface area contributed by atoms with Crippen LogP contribution in [0.15, 0.2) is 24.3 Å². The standard InChI is InChI=1S/C16H22N2O3/c1-12-4-3-5-14(10-12)13(2)16(21)18-8-6-17(7-9-18)15(20)11-19/h3-5,10,13,19H,6-9,11H2,1-2H3. The fourth-order valence-electron chi connectivity index (χ4n) is 2.63. The number of hydrogen-bond donors (Lipinski definition) is 1. The second-order valence-corrected chi connectivity index (χ2v) is 5.50. The lowest BCUT2D eigenvalue weighted by molar-refractivity contribution is -0.141. The Morgan fingerprint density at radius 1 is 1.19 bits per heavy atom. The van der Waals surface area contributed by atoms with Gasteiger partial charge in [0.1, 0.15) is 6.61 Å². The maximum atomic E-state index is 12.5. The van der Waals surface area contributed by atoms with Gasteiger partial charge in [-0.15, -0.1) is 0 Å². The lowest BCUT2D eigenvalue weighted by Gasteiger charge is -2.35. The lowest BCUT2D eigenvalue weighted by atomic mass is 9.98. The highest BCUT2D eigenvalue weighted by Gasteiger charge is 2.27. The maximum Gasteiger partial charge on any atom is 0.248 e. The van der Waals surface area contributed by atoms with Crippen molar-refractivity contribution in [3.63, 3.8) is 0 Å². The van der Waals surface area contributed by atoms with Crippen LogP contribution in [0, 0.1) is 6.92 Å². The predicted molar refractivity (Wildman–Crippen MR) is 79.8 cm³/mol. The number of aliphatic hydroxyl groups is 1. The Kier molecular flexibility index (Phi) is 4.96. The van der Waals surface area contributed by atoms with Gasteiger partial charge in [0, 0.05) is 26.2 Å². The van der Waals surface area contributed by atoms with Crippen molar-refractivity contribution in [3.8, 4) is 0 Å². The molecule has 0 aliphatic carbocycles. The summed E-state index contributed by atoms with van der Waals surface area (Å²) in [6.45, 7) is 5.51. The summed E-state index contributed by atoms with van der Waals surface area (Å²) in [6, 6.07) is 7.99. The van der Waals surface area contributed by atoms with E-state index in [0.29, 0.717) is 26.2 Å². The Morgan fingerprint density at radius 3 is 2.38 bits per heavy atom. The molecule has 0 bridgehead atoms. The molecule has 1 aliphatic rings. The molecule has 2 amide bonds. The first-order valence-electron chi connectivity index (χ1n) is 7.27. The van der Waals surface area contributed by atoms with Crippen molar-refractivity contribution >= 4 is 11.8 Å². The molecule has 5 heteroatoms. The van der Waals surface area contributed by atoms with Crippen molar-refractivity contribution in [1.82, 2.24) is 9.80 Å². The molecule has 1 aromatic carbocycles. The highest BCUT2D eigenvalue weighted by Crippen LogP contribution is 2.20. The van der Waals surface area contributed by atoms with Crippen molar-refractivity contribution in [1.29, 1.82) is 0 Å². The van der Waals surface area contributed by atoms with Crippen molar-refractivity contribution in [2.75, 3.05) is 32.8 Å². The van der Waals surface area contributed by atoms with Gasteiger partial charge in [0.05, 0.1) is 5.92 Å². The largest absolute Gasteiger partial charge is 0.387 e. The third kappa shape index (κ3) is 3.61. The average molecular weight is 290 g/mol. The van der Waals surface area contributed by atoms with Gasteiger partial charge in [0.15, 0.2) is 0 Å². The van der Waals surface area contributed by atoms with Gasteiger partial charge < -0.3 is 14.9 Å². The molecule has 1 fully saturated rings. The van der Waals surface area contributed by atoms with E-state index in [2.05, 4.69) is 0 Å². The minimum Gasteiger partial charge on any atom is -0.387 e. The van der Waals surface area contributed by atoms with Gasteiger partial charge in [-0.3, -0.25) is 9.59 Å². The Balaban J connectivity index is 1.97. The Morgan fingerprint density at radius 2 is 1.81 bits per heavy atom. The van der Waals surface area contributed by atoms with Gasteiger partial charge in [-0.1, -0.05) is 29.8 Å². The third-order valence-corrected chi connectivity index (χ3v) is 3.99. The summed E-state index contributed by atoms with van der Waals surface area (Å²) < 4.78 is 0. The molecule has 0 spiro atoms. The van der Waals surface area contributed by atoms with Crippen molar-refractivity contribution in [3.05, 3.63) is 35.4 Å². The van der Waals surface area contributed by atoms with E-state index in [1.807, 2.05) is 38.1 Å². The van der Waals surface area contributed by atoms with E-state index in [9.17, 15) is 9.59 Å². The minimum absolute atomic E-state index is 0.0942. The molecule has 0 saturated carbocycles.